The number of halogens is 1. The highest BCUT2D eigenvalue weighted by Gasteiger charge is 2.46. The number of hydrogen-bond donors (Lipinski definition) is 0. The summed E-state index contributed by atoms with van der Waals surface area (Å²) >= 11 is 0. The number of amides is 1. The molecule has 1 aliphatic heterocycles. The maximum absolute atomic E-state index is 13.1. The Morgan fingerprint density at radius 3 is 2.50 bits per heavy atom. The van der Waals surface area contributed by atoms with Gasteiger partial charge in [0.25, 0.3) is 0 Å². The molecule has 4 rings (SSSR count). The summed E-state index contributed by atoms with van der Waals surface area (Å²) in [4.78, 5) is 17.0. The monoisotopic (exact) mass is 354 g/mol. The Morgan fingerprint density at radius 2 is 1.81 bits per heavy atom. The van der Waals surface area contributed by atoms with Gasteiger partial charge < -0.3 is 14.5 Å². The Labute approximate surface area is 153 Å². The van der Waals surface area contributed by atoms with Crippen LogP contribution in [0.3, 0.4) is 0 Å². The van der Waals surface area contributed by atoms with Crippen molar-refractivity contribution in [2.45, 2.75) is 12.3 Å². The lowest BCUT2D eigenvalue weighted by atomic mass is 10.1. The zero-order valence-electron chi connectivity index (χ0n) is 14.9. The van der Waals surface area contributed by atoms with E-state index in [0.29, 0.717) is 0 Å². The number of rotatable bonds is 4. The van der Waals surface area contributed by atoms with Gasteiger partial charge in [-0.05, 0) is 42.2 Å². The molecule has 2 aliphatic rings. The number of methoxy groups -OCH3 is 1. The average Bonchev–Trinajstić information content (AvgIpc) is 3.49. The first-order valence-corrected chi connectivity index (χ1v) is 9.09. The van der Waals surface area contributed by atoms with Crippen LogP contribution < -0.4 is 9.64 Å². The van der Waals surface area contributed by atoms with Crippen molar-refractivity contribution < 1.29 is 13.9 Å². The molecule has 2 aromatic rings. The maximum Gasteiger partial charge on any atom is 0.226 e. The van der Waals surface area contributed by atoms with Crippen molar-refractivity contribution >= 4 is 11.6 Å². The largest absolute Gasteiger partial charge is 0.497 e. The summed E-state index contributed by atoms with van der Waals surface area (Å²) in [5.41, 5.74) is 2.20. The number of piperazine rings is 1. The fourth-order valence-electron chi connectivity index (χ4n) is 3.77. The number of nitrogens with zero attached hydrogens (tertiary/aromatic N) is 2. The maximum atomic E-state index is 13.1. The molecular formula is C21H23FN2O2. The van der Waals surface area contributed by atoms with Crippen LogP contribution in [0.2, 0.25) is 0 Å². The number of anilines is 1. The van der Waals surface area contributed by atoms with E-state index >= 15 is 0 Å². The van der Waals surface area contributed by atoms with Crippen molar-refractivity contribution in [3.05, 3.63) is 59.9 Å². The third kappa shape index (κ3) is 3.39. The lowest BCUT2D eigenvalue weighted by molar-refractivity contribution is -0.132. The zero-order chi connectivity index (χ0) is 18.1. The summed E-state index contributed by atoms with van der Waals surface area (Å²) in [6.07, 6.45) is 0.876. The third-order valence-corrected chi connectivity index (χ3v) is 5.42. The second-order valence-corrected chi connectivity index (χ2v) is 7.01. The first-order chi connectivity index (χ1) is 12.7. The minimum atomic E-state index is -0.231. The summed E-state index contributed by atoms with van der Waals surface area (Å²) in [5, 5.41) is 0. The Hall–Kier alpha value is -2.56. The number of carbonyl (C=O) groups is 1. The van der Waals surface area contributed by atoms with E-state index in [1.165, 1.54) is 12.1 Å². The molecule has 0 spiro atoms. The van der Waals surface area contributed by atoms with Crippen LogP contribution in [0.4, 0.5) is 10.1 Å². The van der Waals surface area contributed by atoms with E-state index in [-0.39, 0.29) is 23.6 Å². The fourth-order valence-corrected chi connectivity index (χ4v) is 3.77. The molecule has 4 nitrogen and oxygen atoms in total. The number of hydrogen-bond acceptors (Lipinski definition) is 3. The molecule has 0 aromatic heterocycles. The van der Waals surface area contributed by atoms with Crippen LogP contribution >= 0.6 is 0 Å². The summed E-state index contributed by atoms with van der Waals surface area (Å²) in [5.74, 6) is 1.17. The normalized spacial score (nSPS) is 22.2. The zero-order valence-corrected chi connectivity index (χ0v) is 14.9. The van der Waals surface area contributed by atoms with Gasteiger partial charge in [-0.25, -0.2) is 4.39 Å². The fraction of sp³-hybridized carbons (Fsp3) is 0.381. The highest BCUT2D eigenvalue weighted by molar-refractivity contribution is 5.83. The van der Waals surface area contributed by atoms with Crippen molar-refractivity contribution in [1.82, 2.24) is 4.90 Å². The third-order valence-electron chi connectivity index (χ3n) is 5.42. The Balaban J connectivity index is 1.33. The summed E-state index contributed by atoms with van der Waals surface area (Å²) in [6, 6.07) is 14.6. The van der Waals surface area contributed by atoms with Crippen LogP contribution in [-0.4, -0.2) is 44.1 Å². The molecule has 0 bridgehead atoms. The van der Waals surface area contributed by atoms with E-state index in [1.807, 2.05) is 23.1 Å². The number of ether oxygens (including phenoxy) is 1. The quantitative estimate of drug-likeness (QED) is 0.845. The molecule has 0 N–H and O–H groups in total. The van der Waals surface area contributed by atoms with Gasteiger partial charge in [0.1, 0.15) is 11.6 Å². The molecule has 1 saturated heterocycles. The second kappa shape index (κ2) is 6.98. The molecule has 2 unspecified atom stereocenters. The van der Waals surface area contributed by atoms with Crippen molar-refractivity contribution in [2.75, 3.05) is 38.2 Å². The summed E-state index contributed by atoms with van der Waals surface area (Å²) < 4.78 is 18.3. The molecule has 1 saturated carbocycles. The van der Waals surface area contributed by atoms with Crippen molar-refractivity contribution in [2.24, 2.45) is 5.92 Å². The first-order valence-electron chi connectivity index (χ1n) is 9.09. The van der Waals surface area contributed by atoms with Crippen molar-refractivity contribution in [3.63, 3.8) is 0 Å². The van der Waals surface area contributed by atoms with Crippen LogP contribution in [0, 0.1) is 11.7 Å². The highest BCUT2D eigenvalue weighted by atomic mass is 19.1. The molecule has 2 fully saturated rings. The molecule has 0 radical (unpaired) electrons. The highest BCUT2D eigenvalue weighted by Crippen LogP contribution is 2.48. The molecule has 136 valence electrons. The van der Waals surface area contributed by atoms with Gasteiger partial charge in [-0.1, -0.05) is 18.2 Å². The van der Waals surface area contributed by atoms with E-state index < -0.39 is 0 Å². The van der Waals surface area contributed by atoms with Gasteiger partial charge in [0, 0.05) is 43.9 Å². The van der Waals surface area contributed by atoms with Gasteiger partial charge in [-0.15, -0.1) is 0 Å². The lowest BCUT2D eigenvalue weighted by Gasteiger charge is -2.36. The molecule has 1 heterocycles. The van der Waals surface area contributed by atoms with Crippen LogP contribution in [-0.2, 0) is 4.79 Å². The minimum absolute atomic E-state index is 0.0591. The summed E-state index contributed by atoms with van der Waals surface area (Å²) in [6.45, 7) is 3.13. The summed E-state index contributed by atoms with van der Waals surface area (Å²) in [7, 11) is 1.67. The Morgan fingerprint density at radius 1 is 1.08 bits per heavy atom. The average molecular weight is 354 g/mol. The van der Waals surface area contributed by atoms with Crippen LogP contribution in [0.1, 0.15) is 17.9 Å². The van der Waals surface area contributed by atoms with Gasteiger partial charge in [0.05, 0.1) is 7.11 Å². The van der Waals surface area contributed by atoms with E-state index in [9.17, 15) is 9.18 Å². The smallest absolute Gasteiger partial charge is 0.226 e. The molecular weight excluding hydrogens is 331 g/mol. The van der Waals surface area contributed by atoms with Crippen LogP contribution in [0.15, 0.2) is 48.5 Å². The van der Waals surface area contributed by atoms with Crippen LogP contribution in [0.25, 0.3) is 0 Å². The van der Waals surface area contributed by atoms with E-state index in [2.05, 4.69) is 11.0 Å². The van der Waals surface area contributed by atoms with Gasteiger partial charge in [0.2, 0.25) is 5.91 Å². The molecule has 1 amide bonds. The first kappa shape index (κ1) is 16.9. The topological polar surface area (TPSA) is 32.8 Å². The van der Waals surface area contributed by atoms with E-state index in [1.54, 1.807) is 19.2 Å². The predicted molar refractivity (Wildman–Crippen MR) is 99.0 cm³/mol. The van der Waals surface area contributed by atoms with E-state index in [0.717, 1.165) is 49.6 Å². The van der Waals surface area contributed by atoms with Crippen molar-refractivity contribution in [3.8, 4) is 5.75 Å². The van der Waals surface area contributed by atoms with Gasteiger partial charge in [0.15, 0.2) is 0 Å². The van der Waals surface area contributed by atoms with Gasteiger partial charge in [-0.2, -0.15) is 0 Å². The SMILES string of the molecule is COc1cccc(N2CCN(C(=O)C3CC3c3ccc(F)cc3)CC2)c1. The lowest BCUT2D eigenvalue weighted by Crippen LogP contribution is -2.49. The van der Waals surface area contributed by atoms with Gasteiger partial charge >= 0.3 is 0 Å². The molecule has 2 atom stereocenters. The Bertz CT molecular complexity index is 785. The predicted octanol–water partition coefficient (Wildman–Crippen LogP) is 3.29. The second-order valence-electron chi connectivity index (χ2n) is 7.01. The Kier molecular flexibility index (Phi) is 4.53. The van der Waals surface area contributed by atoms with Crippen molar-refractivity contribution in [1.29, 1.82) is 0 Å². The standard InChI is InChI=1S/C21H23FN2O2/c1-26-18-4-2-3-17(13-18)23-9-11-24(12-10-23)21(25)20-14-19(20)15-5-7-16(22)8-6-15/h2-8,13,19-20H,9-12,14H2,1H3. The minimum Gasteiger partial charge on any atom is -0.497 e. The molecule has 26 heavy (non-hydrogen) atoms. The number of carbonyl (C=O) groups excluding carboxylic acids is 1. The molecule has 2 aromatic carbocycles. The molecule has 1 aliphatic carbocycles. The van der Waals surface area contributed by atoms with E-state index in [4.69, 9.17) is 4.74 Å². The number of benzene rings is 2. The van der Waals surface area contributed by atoms with Gasteiger partial charge in [-0.3, -0.25) is 4.79 Å². The molecule has 5 heteroatoms. The van der Waals surface area contributed by atoms with Crippen LogP contribution in [0.5, 0.6) is 5.75 Å².